The SMILES string of the molecule is CCCc1cc2c(N3CCn4c(nnc4C(F)(F)F)C3)nc(N3CCn4c(nnc4C(F)(F)F)C3)nc2s1. The van der Waals surface area contributed by atoms with Crippen LogP contribution in [-0.2, 0) is 45.0 Å². The van der Waals surface area contributed by atoms with Gasteiger partial charge in [0, 0.05) is 31.1 Å². The Morgan fingerprint density at radius 3 is 1.95 bits per heavy atom. The van der Waals surface area contributed by atoms with Gasteiger partial charge in [-0.2, -0.15) is 31.3 Å². The van der Waals surface area contributed by atoms with Gasteiger partial charge in [0.05, 0.1) is 18.5 Å². The van der Waals surface area contributed by atoms with Crippen molar-refractivity contribution in [2.24, 2.45) is 0 Å². The molecule has 0 aromatic carbocycles. The van der Waals surface area contributed by atoms with Gasteiger partial charge in [0.1, 0.15) is 10.6 Å². The summed E-state index contributed by atoms with van der Waals surface area (Å²) in [4.78, 5) is 14.8. The summed E-state index contributed by atoms with van der Waals surface area (Å²) < 4.78 is 81.8. The van der Waals surface area contributed by atoms with E-state index in [1.807, 2.05) is 11.0 Å². The van der Waals surface area contributed by atoms with E-state index >= 15 is 0 Å². The molecule has 38 heavy (non-hydrogen) atoms. The molecule has 0 saturated carbocycles. The number of aryl methyl sites for hydroxylation is 1. The summed E-state index contributed by atoms with van der Waals surface area (Å²) in [6.07, 6.45) is -7.47. The van der Waals surface area contributed by atoms with E-state index in [2.05, 4.69) is 27.3 Å². The third kappa shape index (κ3) is 4.21. The van der Waals surface area contributed by atoms with Gasteiger partial charge >= 0.3 is 12.4 Å². The Bertz CT molecular complexity index is 1500. The molecule has 0 radical (unpaired) electrons. The lowest BCUT2D eigenvalue weighted by molar-refractivity contribution is -0.148. The number of hydrogen-bond donors (Lipinski definition) is 0. The van der Waals surface area contributed by atoms with Crippen LogP contribution in [0.1, 0.15) is 41.5 Å². The Morgan fingerprint density at radius 1 is 0.789 bits per heavy atom. The van der Waals surface area contributed by atoms with E-state index in [1.54, 1.807) is 4.90 Å². The van der Waals surface area contributed by atoms with Crippen molar-refractivity contribution in [3.8, 4) is 0 Å². The number of alkyl halides is 6. The Kier molecular flexibility index (Phi) is 5.73. The molecule has 10 nitrogen and oxygen atoms in total. The first-order valence-electron chi connectivity index (χ1n) is 11.8. The highest BCUT2D eigenvalue weighted by molar-refractivity contribution is 7.18. The summed E-state index contributed by atoms with van der Waals surface area (Å²) in [7, 11) is 0. The van der Waals surface area contributed by atoms with E-state index in [9.17, 15) is 26.3 Å². The average Bonchev–Trinajstić information content (AvgIpc) is 3.57. The minimum atomic E-state index is -4.61. The van der Waals surface area contributed by atoms with Crippen LogP contribution < -0.4 is 9.80 Å². The molecule has 2 aliphatic rings. The van der Waals surface area contributed by atoms with Gasteiger partial charge < -0.3 is 18.9 Å². The molecule has 0 N–H and O–H groups in total. The molecule has 0 aliphatic carbocycles. The van der Waals surface area contributed by atoms with Gasteiger partial charge in [-0.3, -0.25) is 0 Å². The van der Waals surface area contributed by atoms with Crippen LogP contribution in [0.15, 0.2) is 6.07 Å². The summed E-state index contributed by atoms with van der Waals surface area (Å²) in [5.41, 5.74) is 0. The third-order valence-corrected chi connectivity index (χ3v) is 7.59. The number of aromatic nitrogens is 8. The second-order valence-electron chi connectivity index (χ2n) is 9.05. The normalized spacial score (nSPS) is 16.3. The smallest absolute Gasteiger partial charge is 0.347 e. The molecular formula is C21H20F6N10S. The predicted molar refractivity (Wildman–Crippen MR) is 124 cm³/mol. The number of fused-ring (bicyclic) bond motifs is 3. The second kappa shape index (κ2) is 8.78. The van der Waals surface area contributed by atoms with Crippen LogP contribution in [0.3, 0.4) is 0 Å². The summed E-state index contributed by atoms with van der Waals surface area (Å²) >= 11 is 1.50. The number of halogens is 6. The number of thiophene rings is 1. The first-order valence-corrected chi connectivity index (χ1v) is 12.6. The lowest BCUT2D eigenvalue weighted by Crippen LogP contribution is -2.38. The molecule has 0 atom stereocenters. The van der Waals surface area contributed by atoms with Crippen molar-refractivity contribution in [2.75, 3.05) is 22.9 Å². The molecule has 17 heteroatoms. The summed E-state index contributed by atoms with van der Waals surface area (Å²) in [5, 5.41) is 14.9. The average molecular weight is 559 g/mol. The van der Waals surface area contributed by atoms with E-state index in [4.69, 9.17) is 9.97 Å². The van der Waals surface area contributed by atoms with Crippen LogP contribution in [-0.4, -0.2) is 52.6 Å². The maximum absolute atomic E-state index is 13.3. The van der Waals surface area contributed by atoms with Crippen LogP contribution in [0.4, 0.5) is 38.1 Å². The van der Waals surface area contributed by atoms with Crippen LogP contribution in [0, 0.1) is 0 Å². The van der Waals surface area contributed by atoms with Gasteiger partial charge in [-0.15, -0.1) is 31.7 Å². The van der Waals surface area contributed by atoms with Crippen LogP contribution in [0.25, 0.3) is 10.2 Å². The van der Waals surface area contributed by atoms with E-state index in [0.29, 0.717) is 16.6 Å². The molecule has 0 unspecified atom stereocenters. The Balaban J connectivity index is 1.37. The zero-order valence-electron chi connectivity index (χ0n) is 19.9. The fourth-order valence-corrected chi connectivity index (χ4v) is 5.90. The largest absolute Gasteiger partial charge is 0.451 e. The first-order chi connectivity index (χ1) is 18.0. The van der Waals surface area contributed by atoms with Crippen molar-refractivity contribution < 1.29 is 26.3 Å². The van der Waals surface area contributed by atoms with Crippen LogP contribution in [0.2, 0.25) is 0 Å². The van der Waals surface area contributed by atoms with Crippen molar-refractivity contribution in [2.45, 2.75) is 58.3 Å². The van der Waals surface area contributed by atoms with Crippen LogP contribution >= 0.6 is 11.3 Å². The van der Waals surface area contributed by atoms with Gasteiger partial charge in [-0.1, -0.05) is 13.3 Å². The summed E-state index contributed by atoms with van der Waals surface area (Å²) in [5.74, 6) is -0.902. The first kappa shape index (κ1) is 24.8. The van der Waals surface area contributed by atoms with E-state index in [-0.39, 0.29) is 50.9 Å². The maximum atomic E-state index is 13.3. The van der Waals surface area contributed by atoms with Crippen molar-refractivity contribution in [3.05, 3.63) is 34.2 Å². The molecule has 4 aromatic heterocycles. The van der Waals surface area contributed by atoms with Crippen molar-refractivity contribution in [1.82, 2.24) is 39.5 Å². The van der Waals surface area contributed by atoms with E-state index < -0.39 is 24.0 Å². The summed E-state index contributed by atoms with van der Waals surface area (Å²) in [6.45, 7) is 2.62. The van der Waals surface area contributed by atoms with Gasteiger partial charge in [-0.05, 0) is 12.5 Å². The van der Waals surface area contributed by atoms with E-state index in [0.717, 1.165) is 32.2 Å². The third-order valence-electron chi connectivity index (χ3n) is 6.50. The fraction of sp³-hybridized carbons (Fsp3) is 0.524. The Hall–Kier alpha value is -3.50. The summed E-state index contributed by atoms with van der Waals surface area (Å²) in [6, 6.07) is 1.99. The number of hydrogen-bond acceptors (Lipinski definition) is 9. The molecule has 6 heterocycles. The standard InChI is InChI=1S/C21H20F6N10S/c1-2-3-11-8-12-15(34-4-6-36-13(9-34)30-32-17(36)20(22,23)24)28-19(29-16(12)38-11)35-5-7-37-14(10-35)31-33-18(37)21(25,26)27/h8H,2-7,9-10H2,1H3. The van der Waals surface area contributed by atoms with E-state index in [1.165, 1.54) is 11.3 Å². The van der Waals surface area contributed by atoms with Crippen molar-refractivity contribution >= 4 is 33.3 Å². The number of anilines is 2. The van der Waals surface area contributed by atoms with Crippen molar-refractivity contribution in [1.29, 1.82) is 0 Å². The second-order valence-corrected chi connectivity index (χ2v) is 10.2. The van der Waals surface area contributed by atoms with Gasteiger partial charge in [-0.25, -0.2) is 4.98 Å². The maximum Gasteiger partial charge on any atom is 0.451 e. The lowest BCUT2D eigenvalue weighted by atomic mass is 10.2. The quantitative estimate of drug-likeness (QED) is 0.348. The molecule has 202 valence electrons. The monoisotopic (exact) mass is 558 g/mol. The zero-order valence-corrected chi connectivity index (χ0v) is 20.7. The lowest BCUT2D eigenvalue weighted by Gasteiger charge is -2.31. The highest BCUT2D eigenvalue weighted by atomic mass is 32.1. The zero-order chi connectivity index (χ0) is 26.8. The molecule has 0 amide bonds. The Morgan fingerprint density at radius 2 is 1.37 bits per heavy atom. The molecular weight excluding hydrogens is 538 g/mol. The molecule has 0 saturated heterocycles. The topological polar surface area (TPSA) is 93.7 Å². The van der Waals surface area contributed by atoms with Gasteiger partial charge in [0.25, 0.3) is 0 Å². The molecule has 0 bridgehead atoms. The highest BCUT2D eigenvalue weighted by Gasteiger charge is 2.41. The predicted octanol–water partition coefficient (Wildman–Crippen LogP) is 3.90. The number of nitrogens with zero attached hydrogens (tertiary/aromatic N) is 10. The molecule has 0 fully saturated rings. The number of rotatable bonds is 4. The molecule has 2 aliphatic heterocycles. The van der Waals surface area contributed by atoms with Gasteiger partial charge in [0.15, 0.2) is 11.6 Å². The highest BCUT2D eigenvalue weighted by Crippen LogP contribution is 2.37. The Labute approximate surface area is 214 Å². The minimum Gasteiger partial charge on any atom is -0.347 e. The minimum absolute atomic E-state index is 0.00642. The van der Waals surface area contributed by atoms with Crippen LogP contribution in [0.5, 0.6) is 0 Å². The molecule has 4 aromatic rings. The molecule has 6 rings (SSSR count). The van der Waals surface area contributed by atoms with Gasteiger partial charge in [0.2, 0.25) is 17.6 Å². The molecule has 0 spiro atoms. The fourth-order valence-electron chi connectivity index (χ4n) is 4.78. The van der Waals surface area contributed by atoms with Crippen molar-refractivity contribution in [3.63, 3.8) is 0 Å².